The normalized spacial score (nSPS) is 26.6. The Morgan fingerprint density at radius 3 is 1.57 bits per heavy atom. The van der Waals surface area contributed by atoms with Gasteiger partial charge in [-0.2, -0.15) is 0 Å². The number of alkyl halides is 1. The zero-order valence-corrected chi connectivity index (χ0v) is 24.8. The third-order valence-corrected chi connectivity index (χ3v) is 11.0. The standard InChI is InChI=1S/C23H27OP.C11H17Cl/c1-18-16-19(2)20(3)21(17-18)14-15-25(24,22-10-6-4-7-11-22)23-12-8-5-9-13-23;1-8-6-9(2)10(3)11(7-8)4-5-12/h4-14,18-19H,3,15-17H2,1-2H3;4,8-9H,3,5-7H2,1-2H3/b21-14+;11-4+/t18-,19-;8-,9-/m00/s1. The molecule has 2 aliphatic carbocycles. The number of benzene rings is 2. The minimum atomic E-state index is -2.67. The first-order chi connectivity index (χ1) is 17.7. The maximum absolute atomic E-state index is 14.1. The van der Waals surface area contributed by atoms with Gasteiger partial charge in [0.2, 0.25) is 0 Å². The van der Waals surface area contributed by atoms with Gasteiger partial charge in [0.05, 0.1) is 0 Å². The predicted molar refractivity (Wildman–Crippen MR) is 165 cm³/mol. The Kier molecular flexibility index (Phi) is 10.9. The first-order valence-electron chi connectivity index (χ1n) is 13.7. The van der Waals surface area contributed by atoms with Crippen LogP contribution in [0.3, 0.4) is 0 Å². The van der Waals surface area contributed by atoms with Crippen LogP contribution >= 0.6 is 18.7 Å². The Balaban J connectivity index is 0.000000266. The van der Waals surface area contributed by atoms with Gasteiger partial charge in [-0.15, -0.1) is 11.6 Å². The fourth-order valence-electron chi connectivity index (χ4n) is 5.76. The second-order valence-electron chi connectivity index (χ2n) is 11.1. The van der Waals surface area contributed by atoms with Crippen molar-refractivity contribution in [3.8, 4) is 0 Å². The van der Waals surface area contributed by atoms with Crippen LogP contribution in [0.1, 0.15) is 53.4 Å². The summed E-state index contributed by atoms with van der Waals surface area (Å²) in [5.41, 5.74) is 5.22. The van der Waals surface area contributed by atoms with E-state index in [-0.39, 0.29) is 0 Å². The quantitative estimate of drug-likeness (QED) is 0.276. The molecule has 0 heterocycles. The summed E-state index contributed by atoms with van der Waals surface area (Å²) in [6, 6.07) is 19.8. The van der Waals surface area contributed by atoms with Crippen molar-refractivity contribution in [2.75, 3.05) is 12.0 Å². The van der Waals surface area contributed by atoms with E-state index in [0.29, 0.717) is 29.8 Å². The lowest BCUT2D eigenvalue weighted by Gasteiger charge is -2.29. The molecule has 0 aliphatic heterocycles. The largest absolute Gasteiger partial charge is 0.313 e. The predicted octanol–water partition coefficient (Wildman–Crippen LogP) is 9.32. The molecule has 0 spiro atoms. The van der Waals surface area contributed by atoms with Crippen LogP contribution in [0.4, 0.5) is 0 Å². The van der Waals surface area contributed by atoms with Crippen molar-refractivity contribution in [2.24, 2.45) is 23.7 Å². The topological polar surface area (TPSA) is 17.1 Å². The van der Waals surface area contributed by atoms with Gasteiger partial charge < -0.3 is 4.57 Å². The van der Waals surface area contributed by atoms with E-state index < -0.39 is 7.14 Å². The minimum Gasteiger partial charge on any atom is -0.313 e. The highest BCUT2D eigenvalue weighted by Gasteiger charge is 2.28. The van der Waals surface area contributed by atoms with Gasteiger partial charge in [0.15, 0.2) is 0 Å². The molecule has 2 aromatic carbocycles. The lowest BCUT2D eigenvalue weighted by molar-refractivity contribution is 0.417. The zero-order chi connectivity index (χ0) is 27.0. The third kappa shape index (κ3) is 7.72. The Morgan fingerprint density at radius 2 is 1.16 bits per heavy atom. The molecular formula is C34H44ClOP. The van der Waals surface area contributed by atoms with E-state index in [2.05, 4.69) is 53.0 Å². The minimum absolute atomic E-state index is 0.517. The molecule has 2 saturated carbocycles. The summed E-state index contributed by atoms with van der Waals surface area (Å²) in [6.45, 7) is 17.5. The van der Waals surface area contributed by atoms with Crippen LogP contribution in [-0.4, -0.2) is 12.0 Å². The Bertz CT molecular complexity index is 1120. The van der Waals surface area contributed by atoms with Gasteiger partial charge in [0, 0.05) is 22.7 Å². The highest BCUT2D eigenvalue weighted by atomic mass is 35.5. The summed E-state index contributed by atoms with van der Waals surface area (Å²) in [4.78, 5) is 0. The van der Waals surface area contributed by atoms with Crippen LogP contribution in [0.2, 0.25) is 0 Å². The van der Waals surface area contributed by atoms with Gasteiger partial charge in [0.1, 0.15) is 7.14 Å². The molecule has 0 N–H and O–H groups in total. The fraction of sp³-hybridized carbons (Fsp3) is 0.412. The van der Waals surface area contributed by atoms with Crippen molar-refractivity contribution in [3.05, 3.63) is 108 Å². The molecule has 2 fully saturated rings. The first kappa shape index (κ1) is 29.5. The van der Waals surface area contributed by atoms with E-state index in [1.54, 1.807) is 0 Å². The monoisotopic (exact) mass is 534 g/mol. The molecule has 0 amide bonds. The molecule has 0 saturated heterocycles. The molecule has 0 aromatic heterocycles. The summed E-state index contributed by atoms with van der Waals surface area (Å²) in [5, 5.41) is 1.86. The van der Waals surface area contributed by atoms with E-state index in [4.69, 9.17) is 11.6 Å². The van der Waals surface area contributed by atoms with E-state index >= 15 is 0 Å². The van der Waals surface area contributed by atoms with Gasteiger partial charge in [-0.25, -0.2) is 0 Å². The summed E-state index contributed by atoms with van der Waals surface area (Å²) >= 11 is 5.68. The fourth-order valence-corrected chi connectivity index (χ4v) is 8.45. The van der Waals surface area contributed by atoms with Crippen molar-refractivity contribution in [1.29, 1.82) is 0 Å². The lowest BCUT2D eigenvalue weighted by Crippen LogP contribution is -2.19. The lowest BCUT2D eigenvalue weighted by atomic mass is 9.77. The molecule has 2 aromatic rings. The van der Waals surface area contributed by atoms with Crippen LogP contribution in [0, 0.1) is 23.7 Å². The highest BCUT2D eigenvalue weighted by molar-refractivity contribution is 7.78. The Labute approximate surface area is 230 Å². The van der Waals surface area contributed by atoms with Crippen molar-refractivity contribution >= 4 is 29.4 Å². The molecule has 2 aliphatic rings. The third-order valence-electron chi connectivity index (χ3n) is 7.93. The molecule has 198 valence electrons. The summed E-state index contributed by atoms with van der Waals surface area (Å²) in [6.07, 6.45) is 9.56. The second-order valence-corrected chi connectivity index (χ2v) is 14.3. The maximum Gasteiger partial charge on any atom is 0.146 e. The Morgan fingerprint density at radius 1 is 0.757 bits per heavy atom. The van der Waals surface area contributed by atoms with E-state index in [9.17, 15) is 4.57 Å². The summed E-state index contributed by atoms with van der Waals surface area (Å²) < 4.78 is 14.1. The SMILES string of the molecule is C=C1/C(=C/CCl)C[C@@H](C)C[C@@H]1C.C=C1/C(=C/CP(=O)(c2ccccc2)c2ccccc2)C[C@@H](C)C[C@@H]1C. The van der Waals surface area contributed by atoms with Gasteiger partial charge in [-0.05, 0) is 71.6 Å². The van der Waals surface area contributed by atoms with Crippen LogP contribution in [0.5, 0.6) is 0 Å². The number of rotatable bonds is 5. The first-order valence-corrected chi connectivity index (χ1v) is 16.1. The molecule has 0 radical (unpaired) electrons. The van der Waals surface area contributed by atoms with Crippen molar-refractivity contribution in [1.82, 2.24) is 0 Å². The molecule has 0 unspecified atom stereocenters. The maximum atomic E-state index is 14.1. The molecule has 0 bridgehead atoms. The van der Waals surface area contributed by atoms with Crippen LogP contribution in [0.25, 0.3) is 0 Å². The smallest absolute Gasteiger partial charge is 0.146 e. The summed E-state index contributed by atoms with van der Waals surface area (Å²) in [5.74, 6) is 3.24. The average Bonchev–Trinajstić information content (AvgIpc) is 2.89. The van der Waals surface area contributed by atoms with Gasteiger partial charge >= 0.3 is 0 Å². The molecule has 3 heteroatoms. The number of hydrogen-bond acceptors (Lipinski definition) is 1. The molecular weight excluding hydrogens is 491 g/mol. The second kappa shape index (κ2) is 13.6. The number of halogens is 1. The Hall–Kier alpha value is -2.08. The highest BCUT2D eigenvalue weighted by Crippen LogP contribution is 2.45. The van der Waals surface area contributed by atoms with Crippen molar-refractivity contribution < 1.29 is 4.57 Å². The molecule has 4 rings (SSSR count). The van der Waals surface area contributed by atoms with E-state index in [0.717, 1.165) is 29.4 Å². The van der Waals surface area contributed by atoms with Crippen molar-refractivity contribution in [2.45, 2.75) is 53.4 Å². The van der Waals surface area contributed by atoms with Crippen LogP contribution in [0.15, 0.2) is 108 Å². The van der Waals surface area contributed by atoms with Crippen molar-refractivity contribution in [3.63, 3.8) is 0 Å². The van der Waals surface area contributed by atoms with E-state index in [1.165, 1.54) is 35.1 Å². The molecule has 37 heavy (non-hydrogen) atoms. The number of allylic oxidation sites excluding steroid dienone is 6. The molecule has 4 atom stereocenters. The summed E-state index contributed by atoms with van der Waals surface area (Å²) in [7, 11) is -2.67. The van der Waals surface area contributed by atoms with Gasteiger partial charge in [-0.1, -0.05) is 114 Å². The average molecular weight is 535 g/mol. The van der Waals surface area contributed by atoms with Crippen LogP contribution in [-0.2, 0) is 4.57 Å². The molecule has 1 nitrogen and oxygen atoms in total. The number of hydrogen-bond donors (Lipinski definition) is 0. The van der Waals surface area contributed by atoms with E-state index in [1.807, 2.05) is 60.7 Å². The van der Waals surface area contributed by atoms with Crippen LogP contribution < -0.4 is 10.6 Å². The zero-order valence-electron chi connectivity index (χ0n) is 23.1. The van der Waals surface area contributed by atoms with Gasteiger partial charge in [0.25, 0.3) is 0 Å². The van der Waals surface area contributed by atoms with Gasteiger partial charge in [-0.3, -0.25) is 0 Å².